The maximum absolute atomic E-state index is 14.5. The number of rotatable bonds is 8. The van der Waals surface area contributed by atoms with Gasteiger partial charge >= 0.3 is 5.97 Å². The van der Waals surface area contributed by atoms with Gasteiger partial charge in [-0.25, -0.2) is 35.2 Å². The molecule has 1 aliphatic carbocycles. The number of carboxylic acid groups (broad SMARTS) is 1. The fourth-order valence-electron chi connectivity index (χ4n) is 5.67. The van der Waals surface area contributed by atoms with E-state index in [-0.39, 0.29) is 18.7 Å². The number of carbonyl (C=O) groups excluding carboxylic acids is 1. The number of amides is 1. The second-order valence-corrected chi connectivity index (χ2v) is 12.6. The van der Waals surface area contributed by atoms with Crippen LogP contribution in [0.4, 0.5) is 27.6 Å². The predicted octanol–water partition coefficient (Wildman–Crippen LogP) is 5.20. The average Bonchev–Trinajstić information content (AvgIpc) is 2.97. The molecule has 2 aliphatic rings. The maximum Gasteiger partial charge on any atom is 0.335 e. The fourth-order valence-corrected chi connectivity index (χ4v) is 7.42. The van der Waals surface area contributed by atoms with Crippen molar-refractivity contribution in [3.8, 4) is 5.75 Å². The summed E-state index contributed by atoms with van der Waals surface area (Å²) in [4.78, 5) is 24.1. The summed E-state index contributed by atoms with van der Waals surface area (Å²) >= 11 is 0. The average molecular weight is 638 g/mol. The molecule has 0 bridgehead atoms. The molecular formula is C30H26F5N2O6S-. The molecule has 2 fully saturated rings. The Balaban J connectivity index is 1.49. The van der Waals surface area contributed by atoms with Gasteiger partial charge in [0.05, 0.1) is 12.1 Å². The van der Waals surface area contributed by atoms with Crippen LogP contribution in [0.25, 0.3) is 0 Å². The Hall–Kier alpha value is -4.04. The van der Waals surface area contributed by atoms with Gasteiger partial charge in [-0.3, -0.25) is 4.79 Å². The number of anilines is 1. The molecule has 1 aliphatic heterocycles. The minimum Gasteiger partial charge on any atom is -0.872 e. The lowest BCUT2D eigenvalue weighted by molar-refractivity contribution is -0.268. The lowest BCUT2D eigenvalue weighted by Crippen LogP contribution is -2.59. The number of aromatic carboxylic acids is 1. The Kier molecular flexibility index (Phi) is 8.67. The Labute approximate surface area is 249 Å². The Morgan fingerprint density at radius 1 is 0.864 bits per heavy atom. The molecule has 0 aromatic heterocycles. The van der Waals surface area contributed by atoms with E-state index < -0.39 is 79.8 Å². The normalized spacial score (nSPS) is 17.7. The fraction of sp³-hybridized carbons (Fsp3) is 0.333. The highest BCUT2D eigenvalue weighted by Crippen LogP contribution is 2.36. The second-order valence-electron chi connectivity index (χ2n) is 10.8. The van der Waals surface area contributed by atoms with Crippen LogP contribution in [0.2, 0.25) is 0 Å². The summed E-state index contributed by atoms with van der Waals surface area (Å²) in [6, 6.07) is 8.77. The van der Waals surface area contributed by atoms with Gasteiger partial charge in [0.25, 0.3) is 0 Å². The van der Waals surface area contributed by atoms with Crippen molar-refractivity contribution in [2.24, 2.45) is 0 Å². The summed E-state index contributed by atoms with van der Waals surface area (Å²) in [6.45, 7) is -0.671. The van der Waals surface area contributed by atoms with E-state index in [1.165, 1.54) is 12.5 Å². The molecular weight excluding hydrogens is 611 g/mol. The Bertz CT molecular complexity index is 1700. The summed E-state index contributed by atoms with van der Waals surface area (Å²) in [6.07, 6.45) is 5.32. The molecule has 3 aromatic rings. The van der Waals surface area contributed by atoms with Gasteiger partial charge < -0.3 is 15.1 Å². The van der Waals surface area contributed by atoms with Crippen molar-refractivity contribution in [2.75, 3.05) is 11.4 Å². The van der Waals surface area contributed by atoms with Gasteiger partial charge in [0.2, 0.25) is 21.7 Å². The van der Waals surface area contributed by atoms with Gasteiger partial charge in [0.1, 0.15) is 6.04 Å². The van der Waals surface area contributed by atoms with Gasteiger partial charge in [-0.1, -0.05) is 49.3 Å². The van der Waals surface area contributed by atoms with Gasteiger partial charge in [-0.2, -0.15) is 4.31 Å². The topological polar surface area (TPSA) is 118 Å². The van der Waals surface area contributed by atoms with Crippen LogP contribution in [-0.4, -0.2) is 42.3 Å². The van der Waals surface area contributed by atoms with Crippen molar-refractivity contribution in [1.29, 1.82) is 0 Å². The summed E-state index contributed by atoms with van der Waals surface area (Å²) in [5, 5.41) is 21.7. The van der Waals surface area contributed by atoms with Crippen LogP contribution >= 0.6 is 0 Å². The summed E-state index contributed by atoms with van der Waals surface area (Å²) in [5.74, 6) is -15.6. The molecule has 1 saturated heterocycles. The number of hydrogen-bond acceptors (Lipinski definition) is 5. The Morgan fingerprint density at radius 3 is 1.98 bits per heavy atom. The highest BCUT2D eigenvalue weighted by atomic mass is 32.2. The number of benzene rings is 3. The summed E-state index contributed by atoms with van der Waals surface area (Å²) in [7, 11) is -5.40. The van der Waals surface area contributed by atoms with Crippen molar-refractivity contribution in [3.63, 3.8) is 0 Å². The predicted molar refractivity (Wildman–Crippen MR) is 145 cm³/mol. The highest BCUT2D eigenvalue weighted by molar-refractivity contribution is 7.89. The van der Waals surface area contributed by atoms with Crippen molar-refractivity contribution in [1.82, 2.24) is 4.31 Å². The van der Waals surface area contributed by atoms with Crippen molar-refractivity contribution in [2.45, 2.75) is 61.9 Å². The van der Waals surface area contributed by atoms with Crippen molar-refractivity contribution >= 4 is 27.6 Å². The number of sulfonamides is 1. The number of carbonyl (C=O) groups is 2. The van der Waals surface area contributed by atoms with E-state index in [0.717, 1.165) is 48.3 Å². The lowest BCUT2D eigenvalue weighted by Gasteiger charge is -2.41. The molecule has 14 heteroatoms. The molecule has 3 aromatic carbocycles. The molecule has 234 valence electrons. The van der Waals surface area contributed by atoms with Gasteiger partial charge in [-0.05, 0) is 54.5 Å². The van der Waals surface area contributed by atoms with Crippen LogP contribution < -0.4 is 10.0 Å². The zero-order valence-electron chi connectivity index (χ0n) is 23.0. The van der Waals surface area contributed by atoms with E-state index in [1.807, 2.05) is 12.1 Å². The SMILES string of the molecule is O=C(O)c1ccc(N(Cc2ccc(C3CCCCC3)cc2)C(=O)[C@H]2CCN2S(=O)(=O)c2c(F)c(F)c(F)c(F)c2F)cc1[O-]. The largest absolute Gasteiger partial charge is 0.872 e. The molecule has 1 saturated carbocycles. The third-order valence-electron chi connectivity index (χ3n) is 8.16. The third kappa shape index (κ3) is 5.63. The first-order valence-corrected chi connectivity index (χ1v) is 15.2. The van der Waals surface area contributed by atoms with Crippen LogP contribution in [0.15, 0.2) is 47.4 Å². The highest BCUT2D eigenvalue weighted by Gasteiger charge is 2.48. The van der Waals surface area contributed by atoms with E-state index in [0.29, 0.717) is 15.8 Å². The standard InChI is InChI=1S/C30H27F5N2O6S/c31-23-24(32)26(34)28(27(35)25(23)33)44(42,43)37-13-12-21(37)29(39)36(19-10-11-20(30(40)41)22(38)14-19)15-16-6-8-18(9-7-16)17-4-2-1-3-5-17/h6-11,14,17,21,38H,1-5,12-13,15H2,(H,40,41)/p-1/t21-/m1/s1. The molecule has 5 rings (SSSR count). The zero-order chi connectivity index (χ0) is 31.9. The molecule has 0 spiro atoms. The lowest BCUT2D eigenvalue weighted by atomic mass is 9.84. The van der Waals surface area contributed by atoms with Crippen LogP contribution in [-0.2, 0) is 21.4 Å². The number of halogens is 5. The van der Waals surface area contributed by atoms with E-state index >= 15 is 0 Å². The quantitative estimate of drug-likeness (QED) is 0.206. The first kappa shape index (κ1) is 31.4. The molecule has 44 heavy (non-hydrogen) atoms. The second kappa shape index (κ2) is 12.2. The minimum absolute atomic E-state index is 0.0816. The van der Waals surface area contributed by atoms with E-state index in [4.69, 9.17) is 0 Å². The van der Waals surface area contributed by atoms with Crippen molar-refractivity contribution in [3.05, 3.63) is 88.2 Å². The summed E-state index contributed by atoms with van der Waals surface area (Å²) < 4.78 is 96.9. The molecule has 1 atom stereocenters. The zero-order valence-corrected chi connectivity index (χ0v) is 23.9. The van der Waals surface area contributed by atoms with Gasteiger partial charge in [0.15, 0.2) is 28.2 Å². The molecule has 1 N–H and O–H groups in total. The molecule has 8 nitrogen and oxygen atoms in total. The van der Waals surface area contributed by atoms with Gasteiger partial charge in [0, 0.05) is 12.2 Å². The van der Waals surface area contributed by atoms with Crippen LogP contribution in [0, 0.1) is 29.1 Å². The van der Waals surface area contributed by atoms with E-state index in [2.05, 4.69) is 0 Å². The number of carboxylic acids is 1. The molecule has 1 heterocycles. The van der Waals surface area contributed by atoms with Crippen molar-refractivity contribution < 1.29 is 50.2 Å². The van der Waals surface area contributed by atoms with Crippen LogP contribution in [0.1, 0.15) is 65.9 Å². The minimum atomic E-state index is -5.40. The van der Waals surface area contributed by atoms with Gasteiger partial charge in [-0.15, -0.1) is 0 Å². The number of nitrogens with zero attached hydrogens (tertiary/aromatic N) is 2. The first-order chi connectivity index (χ1) is 20.8. The Morgan fingerprint density at radius 2 is 1.45 bits per heavy atom. The van der Waals surface area contributed by atoms with E-state index in [1.54, 1.807) is 12.1 Å². The monoisotopic (exact) mass is 637 g/mol. The summed E-state index contributed by atoms with van der Waals surface area (Å²) in [5.41, 5.74) is 1.03. The maximum atomic E-state index is 14.5. The van der Waals surface area contributed by atoms with E-state index in [9.17, 15) is 50.2 Å². The number of hydrogen-bond donors (Lipinski definition) is 1. The third-order valence-corrected chi connectivity index (χ3v) is 10.1. The smallest absolute Gasteiger partial charge is 0.335 e. The molecule has 0 unspecified atom stereocenters. The molecule has 0 radical (unpaired) electrons. The first-order valence-electron chi connectivity index (χ1n) is 13.8. The van der Waals surface area contributed by atoms with Crippen LogP contribution in [0.5, 0.6) is 5.75 Å². The molecule has 1 amide bonds. The van der Waals surface area contributed by atoms with Crippen LogP contribution in [0.3, 0.4) is 0 Å².